The lowest BCUT2D eigenvalue weighted by Crippen LogP contribution is -1.80. The largest absolute Gasteiger partial charge is 0.264 e. The average molecular weight is 182 g/mol. The van der Waals surface area contributed by atoms with Crippen molar-refractivity contribution in [3.8, 4) is 0 Å². The number of fused-ring (bicyclic) bond motifs is 1. The van der Waals surface area contributed by atoms with E-state index in [0.717, 1.165) is 5.39 Å². The molecule has 0 atom stereocenters. The van der Waals surface area contributed by atoms with E-state index in [1.54, 1.807) is 24.5 Å². The fraction of sp³-hybridized carbons (Fsp3) is 0. The van der Waals surface area contributed by atoms with Crippen LogP contribution < -0.4 is 0 Å². The van der Waals surface area contributed by atoms with Crippen molar-refractivity contribution in [1.29, 1.82) is 0 Å². The first-order valence-corrected chi connectivity index (χ1v) is 3.84. The van der Waals surface area contributed by atoms with Crippen molar-refractivity contribution in [2.45, 2.75) is 0 Å². The molecule has 2 aromatic rings. The van der Waals surface area contributed by atoms with Crippen LogP contribution in [0, 0.1) is 5.82 Å². The Morgan fingerprint density at radius 2 is 2.08 bits per heavy atom. The Bertz CT molecular complexity index is 428. The first kappa shape index (κ1) is 7.50. The molecule has 0 saturated carbocycles. The zero-order valence-electron chi connectivity index (χ0n) is 6.09. The van der Waals surface area contributed by atoms with Crippen molar-refractivity contribution in [1.82, 2.24) is 4.98 Å². The normalized spacial score (nSPS) is 10.5. The van der Waals surface area contributed by atoms with Crippen LogP contribution in [0.2, 0.25) is 5.02 Å². The van der Waals surface area contributed by atoms with Crippen LogP contribution in [-0.4, -0.2) is 4.98 Å². The Hall–Kier alpha value is -1.15. The topological polar surface area (TPSA) is 12.9 Å². The zero-order chi connectivity index (χ0) is 8.55. The van der Waals surface area contributed by atoms with E-state index in [9.17, 15) is 4.39 Å². The first-order valence-electron chi connectivity index (χ1n) is 3.47. The maximum Gasteiger partial charge on any atom is 0.142 e. The third kappa shape index (κ3) is 1.04. The van der Waals surface area contributed by atoms with Crippen molar-refractivity contribution in [2.24, 2.45) is 0 Å². The summed E-state index contributed by atoms with van der Waals surface area (Å²) < 4.78 is 12.9. The maximum absolute atomic E-state index is 12.9. The molecular formula is C9H5ClFN. The van der Waals surface area contributed by atoms with Gasteiger partial charge in [0.05, 0.1) is 5.02 Å². The summed E-state index contributed by atoms with van der Waals surface area (Å²) in [5, 5.41) is 1.69. The van der Waals surface area contributed by atoms with Crippen LogP contribution in [0.3, 0.4) is 0 Å². The zero-order valence-corrected chi connectivity index (χ0v) is 6.85. The van der Waals surface area contributed by atoms with E-state index >= 15 is 0 Å². The van der Waals surface area contributed by atoms with Gasteiger partial charge in [-0.3, -0.25) is 4.98 Å². The van der Waals surface area contributed by atoms with Gasteiger partial charge < -0.3 is 0 Å². The van der Waals surface area contributed by atoms with Crippen LogP contribution in [0.15, 0.2) is 30.6 Å². The van der Waals surface area contributed by atoms with Gasteiger partial charge in [0.2, 0.25) is 0 Å². The molecule has 0 aliphatic rings. The van der Waals surface area contributed by atoms with Gasteiger partial charge in [0.1, 0.15) is 5.82 Å². The fourth-order valence-corrected chi connectivity index (χ4v) is 1.32. The van der Waals surface area contributed by atoms with Gasteiger partial charge in [-0.15, -0.1) is 0 Å². The molecule has 12 heavy (non-hydrogen) atoms. The minimum absolute atomic E-state index is 0.139. The Morgan fingerprint density at radius 1 is 1.25 bits per heavy atom. The van der Waals surface area contributed by atoms with E-state index in [1.807, 2.05) is 0 Å². The molecule has 0 saturated heterocycles. The predicted octanol–water partition coefficient (Wildman–Crippen LogP) is 3.03. The smallest absolute Gasteiger partial charge is 0.142 e. The molecule has 1 heterocycles. The minimum Gasteiger partial charge on any atom is -0.264 e. The molecule has 0 spiro atoms. The van der Waals surface area contributed by atoms with E-state index in [0.29, 0.717) is 5.39 Å². The summed E-state index contributed by atoms with van der Waals surface area (Å²) in [5.41, 5.74) is 0. The molecule has 0 aliphatic carbocycles. The molecule has 1 aromatic heterocycles. The monoisotopic (exact) mass is 181 g/mol. The maximum atomic E-state index is 12.9. The lowest BCUT2D eigenvalue weighted by molar-refractivity contribution is 0.630. The summed E-state index contributed by atoms with van der Waals surface area (Å²) >= 11 is 5.71. The second-order valence-corrected chi connectivity index (χ2v) is 2.84. The molecule has 0 unspecified atom stereocenters. The van der Waals surface area contributed by atoms with Gasteiger partial charge in [-0.2, -0.15) is 0 Å². The van der Waals surface area contributed by atoms with Gasteiger partial charge >= 0.3 is 0 Å². The number of hydrogen-bond acceptors (Lipinski definition) is 1. The van der Waals surface area contributed by atoms with Gasteiger partial charge in [0, 0.05) is 17.8 Å². The third-order valence-electron chi connectivity index (χ3n) is 1.71. The van der Waals surface area contributed by atoms with Gasteiger partial charge in [-0.1, -0.05) is 17.7 Å². The van der Waals surface area contributed by atoms with Crippen LogP contribution in [0.25, 0.3) is 10.8 Å². The van der Waals surface area contributed by atoms with Crippen molar-refractivity contribution in [2.75, 3.05) is 0 Å². The van der Waals surface area contributed by atoms with Crippen LogP contribution in [0.1, 0.15) is 0 Å². The first-order chi connectivity index (χ1) is 5.79. The van der Waals surface area contributed by atoms with E-state index in [-0.39, 0.29) is 5.02 Å². The lowest BCUT2D eigenvalue weighted by Gasteiger charge is -1.99. The molecule has 0 bridgehead atoms. The summed E-state index contributed by atoms with van der Waals surface area (Å²) in [7, 11) is 0. The molecule has 0 aliphatic heterocycles. The highest BCUT2D eigenvalue weighted by Crippen LogP contribution is 2.24. The molecule has 60 valence electrons. The molecule has 0 N–H and O–H groups in total. The van der Waals surface area contributed by atoms with Crippen LogP contribution in [0.5, 0.6) is 0 Å². The molecule has 0 fully saturated rings. The molecule has 2 rings (SSSR count). The number of halogens is 2. The average Bonchev–Trinajstić information content (AvgIpc) is 2.12. The Kier molecular flexibility index (Phi) is 1.70. The number of aromatic nitrogens is 1. The minimum atomic E-state index is -0.405. The third-order valence-corrected chi connectivity index (χ3v) is 2.09. The Labute approximate surface area is 73.8 Å². The van der Waals surface area contributed by atoms with E-state index in [1.165, 1.54) is 6.07 Å². The highest BCUT2D eigenvalue weighted by atomic mass is 35.5. The predicted molar refractivity (Wildman–Crippen MR) is 46.7 cm³/mol. The second kappa shape index (κ2) is 2.72. The fourth-order valence-electron chi connectivity index (χ4n) is 1.10. The Balaban J connectivity index is 2.91. The van der Waals surface area contributed by atoms with E-state index in [2.05, 4.69) is 4.98 Å². The highest BCUT2D eigenvalue weighted by Gasteiger charge is 2.03. The van der Waals surface area contributed by atoms with Gasteiger partial charge in [0.15, 0.2) is 0 Å². The van der Waals surface area contributed by atoms with E-state index in [4.69, 9.17) is 11.6 Å². The van der Waals surface area contributed by atoms with Crippen LogP contribution in [0.4, 0.5) is 4.39 Å². The summed E-state index contributed by atoms with van der Waals surface area (Å²) in [6.45, 7) is 0. The number of pyridine rings is 1. The quantitative estimate of drug-likeness (QED) is 0.609. The van der Waals surface area contributed by atoms with Crippen molar-refractivity contribution >= 4 is 22.4 Å². The number of rotatable bonds is 0. The molecule has 0 amide bonds. The lowest BCUT2D eigenvalue weighted by atomic mass is 10.2. The standard InChI is InChI=1S/C9H5ClFN/c10-9-7-5-12-4-3-6(7)1-2-8(9)11/h1-5H. The van der Waals surface area contributed by atoms with Crippen molar-refractivity contribution in [3.63, 3.8) is 0 Å². The van der Waals surface area contributed by atoms with Crippen molar-refractivity contribution in [3.05, 3.63) is 41.4 Å². The van der Waals surface area contributed by atoms with E-state index < -0.39 is 5.82 Å². The van der Waals surface area contributed by atoms with Crippen LogP contribution >= 0.6 is 11.6 Å². The Morgan fingerprint density at radius 3 is 2.92 bits per heavy atom. The summed E-state index contributed by atoms with van der Waals surface area (Å²) in [6.07, 6.45) is 3.21. The van der Waals surface area contributed by atoms with Crippen LogP contribution in [-0.2, 0) is 0 Å². The summed E-state index contributed by atoms with van der Waals surface area (Å²) in [5.74, 6) is -0.405. The molecule has 1 aromatic carbocycles. The summed E-state index contributed by atoms with van der Waals surface area (Å²) in [6, 6.07) is 4.82. The molecule has 0 radical (unpaired) electrons. The number of nitrogens with zero attached hydrogens (tertiary/aromatic N) is 1. The van der Waals surface area contributed by atoms with Gasteiger partial charge in [-0.25, -0.2) is 4.39 Å². The van der Waals surface area contributed by atoms with Crippen molar-refractivity contribution < 1.29 is 4.39 Å². The second-order valence-electron chi connectivity index (χ2n) is 2.46. The van der Waals surface area contributed by atoms with Gasteiger partial charge in [-0.05, 0) is 17.5 Å². The molecular weight excluding hydrogens is 177 g/mol. The highest BCUT2D eigenvalue weighted by molar-refractivity contribution is 6.35. The SMILES string of the molecule is Fc1ccc2ccncc2c1Cl. The number of hydrogen-bond donors (Lipinski definition) is 0. The summed E-state index contributed by atoms with van der Waals surface area (Å²) in [4.78, 5) is 3.86. The van der Waals surface area contributed by atoms with Gasteiger partial charge in [0.25, 0.3) is 0 Å². The number of benzene rings is 1. The molecule has 1 nitrogen and oxygen atoms in total. The molecule has 3 heteroatoms.